The van der Waals surface area contributed by atoms with E-state index in [4.69, 9.17) is 0 Å². The first-order valence-electron chi connectivity index (χ1n) is 11.1. The lowest BCUT2D eigenvalue weighted by molar-refractivity contribution is -0.701. The Kier molecular flexibility index (Phi) is 4.98. The Morgan fingerprint density at radius 3 is 2.42 bits per heavy atom. The van der Waals surface area contributed by atoms with Gasteiger partial charge in [-0.15, -0.1) is 0 Å². The predicted molar refractivity (Wildman–Crippen MR) is 135 cm³/mol. The van der Waals surface area contributed by atoms with Gasteiger partial charge in [-0.3, -0.25) is 0 Å². The molecule has 2 aromatic carbocycles. The number of fused-ring (bicyclic) bond motifs is 5. The fourth-order valence-electron chi connectivity index (χ4n) is 5.35. The number of aryl methyl sites for hydroxylation is 2. The number of hydrogen-bond donors (Lipinski definition) is 0. The van der Waals surface area contributed by atoms with Gasteiger partial charge in [-0.25, -0.2) is 9.36 Å². The number of halogens is 1. The Morgan fingerprint density at radius 2 is 1.65 bits per heavy atom. The Morgan fingerprint density at radius 1 is 0.935 bits per heavy atom. The number of alkyl halides is 1. The van der Waals surface area contributed by atoms with Crippen LogP contribution in [0.1, 0.15) is 47.1 Å². The van der Waals surface area contributed by atoms with Gasteiger partial charge in [0.05, 0.1) is 10.3 Å². The van der Waals surface area contributed by atoms with Crippen molar-refractivity contribution in [1.29, 1.82) is 0 Å². The first-order chi connectivity index (χ1) is 15.2. The maximum Gasteiger partial charge on any atom is 0.351 e. The maximum atomic E-state index is 14.0. The molecule has 2 aromatic heterocycles. The summed E-state index contributed by atoms with van der Waals surface area (Å²) in [6, 6.07) is 21.3. The SMILES string of the molecule is O=c1c2c3c(sc2[n+]2c(n1-c1ccccc1)CCC(I)C2c1ccccc1)CCCC3. The Labute approximate surface area is 199 Å². The zero-order chi connectivity index (χ0) is 20.9. The summed E-state index contributed by atoms with van der Waals surface area (Å²) >= 11 is 4.51. The highest BCUT2D eigenvalue weighted by atomic mass is 127. The largest absolute Gasteiger partial charge is 0.351 e. The third-order valence-corrected chi connectivity index (χ3v) is 9.34. The average molecular weight is 539 g/mol. The maximum absolute atomic E-state index is 14.0. The zero-order valence-electron chi connectivity index (χ0n) is 17.3. The first kappa shape index (κ1) is 19.7. The van der Waals surface area contributed by atoms with Crippen LogP contribution in [-0.4, -0.2) is 8.49 Å². The van der Waals surface area contributed by atoms with Crippen LogP contribution in [0.25, 0.3) is 15.9 Å². The smallest absolute Gasteiger partial charge is 0.240 e. The molecule has 3 nitrogen and oxygen atoms in total. The van der Waals surface area contributed by atoms with Gasteiger partial charge in [-0.2, -0.15) is 4.57 Å². The zero-order valence-corrected chi connectivity index (χ0v) is 20.2. The lowest BCUT2D eigenvalue weighted by Crippen LogP contribution is -2.55. The molecule has 0 N–H and O–H groups in total. The number of thiophene rings is 1. The summed E-state index contributed by atoms with van der Waals surface area (Å²) in [7, 11) is 0. The molecule has 31 heavy (non-hydrogen) atoms. The topological polar surface area (TPSA) is 25.9 Å². The molecule has 0 bridgehead atoms. The molecule has 0 saturated carbocycles. The van der Waals surface area contributed by atoms with Crippen LogP contribution in [0.2, 0.25) is 0 Å². The van der Waals surface area contributed by atoms with Gasteiger partial charge in [-0.1, -0.05) is 82.5 Å². The molecule has 4 aromatic rings. The van der Waals surface area contributed by atoms with E-state index in [1.165, 1.54) is 33.7 Å². The molecule has 6 rings (SSSR count). The minimum atomic E-state index is 0.172. The van der Waals surface area contributed by atoms with Gasteiger partial charge < -0.3 is 0 Å². The van der Waals surface area contributed by atoms with Crippen LogP contribution in [0.15, 0.2) is 65.5 Å². The Balaban J connectivity index is 1.75. The molecule has 0 radical (unpaired) electrons. The summed E-state index contributed by atoms with van der Waals surface area (Å²) in [5.74, 6) is 1.14. The molecule has 1 aliphatic heterocycles. The monoisotopic (exact) mass is 539 g/mol. The Hall–Kier alpha value is -1.99. The van der Waals surface area contributed by atoms with Gasteiger partial charge in [0.25, 0.3) is 5.82 Å². The fraction of sp³-hybridized carbons (Fsp3) is 0.308. The third kappa shape index (κ3) is 3.11. The van der Waals surface area contributed by atoms with Gasteiger partial charge >= 0.3 is 5.56 Å². The molecule has 5 heteroatoms. The quantitative estimate of drug-likeness (QED) is 0.186. The van der Waals surface area contributed by atoms with Crippen LogP contribution in [0.5, 0.6) is 0 Å². The van der Waals surface area contributed by atoms with Crippen molar-refractivity contribution >= 4 is 44.1 Å². The van der Waals surface area contributed by atoms with Crippen molar-refractivity contribution in [2.45, 2.75) is 48.5 Å². The summed E-state index contributed by atoms with van der Waals surface area (Å²) in [5.41, 5.74) is 3.80. The number of hydrogen-bond acceptors (Lipinski definition) is 2. The number of rotatable bonds is 2. The Bertz CT molecular complexity index is 1330. The van der Waals surface area contributed by atoms with Gasteiger partial charge in [-0.05, 0) is 55.4 Å². The van der Waals surface area contributed by atoms with Crippen LogP contribution in [0.3, 0.4) is 0 Å². The summed E-state index contributed by atoms with van der Waals surface area (Å²) < 4.78 is 5.03. The number of aromatic nitrogens is 2. The van der Waals surface area contributed by atoms with Crippen molar-refractivity contribution in [3.63, 3.8) is 0 Å². The van der Waals surface area contributed by atoms with Crippen molar-refractivity contribution in [2.75, 3.05) is 0 Å². The fourth-order valence-corrected chi connectivity index (χ4v) is 7.84. The molecule has 1 aliphatic carbocycles. The van der Waals surface area contributed by atoms with Crippen LogP contribution >= 0.6 is 33.9 Å². The van der Waals surface area contributed by atoms with Gasteiger partial charge in [0.15, 0.2) is 4.83 Å². The van der Waals surface area contributed by atoms with Crippen molar-refractivity contribution in [1.82, 2.24) is 4.57 Å². The van der Waals surface area contributed by atoms with Crippen LogP contribution < -0.4 is 10.1 Å². The van der Waals surface area contributed by atoms with Gasteiger partial charge in [0.1, 0.15) is 17.1 Å². The van der Waals surface area contributed by atoms with E-state index < -0.39 is 0 Å². The normalized spacial score (nSPS) is 20.4. The van der Waals surface area contributed by atoms with E-state index in [2.05, 4.69) is 69.6 Å². The minimum absolute atomic E-state index is 0.172. The van der Waals surface area contributed by atoms with Crippen molar-refractivity contribution in [3.05, 3.63) is 92.8 Å². The van der Waals surface area contributed by atoms with E-state index in [1.54, 1.807) is 0 Å². The van der Waals surface area contributed by atoms with E-state index >= 15 is 0 Å². The summed E-state index contributed by atoms with van der Waals surface area (Å²) in [6.07, 6.45) is 6.54. The van der Waals surface area contributed by atoms with Crippen molar-refractivity contribution in [3.8, 4) is 5.69 Å². The highest BCUT2D eigenvalue weighted by Crippen LogP contribution is 2.38. The molecule has 2 aliphatic rings. The number of para-hydroxylation sites is 1. The molecule has 2 atom stereocenters. The molecule has 0 saturated heterocycles. The molecule has 0 spiro atoms. The molecule has 156 valence electrons. The van der Waals surface area contributed by atoms with Crippen LogP contribution in [-0.2, 0) is 19.3 Å². The minimum Gasteiger partial charge on any atom is -0.240 e. The standard InChI is InChI=1S/C26H24IN2OS/c27-20-15-16-22-28(18-11-5-2-6-12-18)25(30)23-19-13-7-8-14-21(19)31-26(23)29(22)24(20)17-9-3-1-4-10-17/h1-6,9-12,20,24H,7-8,13-16H2/q+1. The van der Waals surface area contributed by atoms with Crippen LogP contribution in [0, 0.1) is 0 Å². The molecule has 0 amide bonds. The second-order valence-electron chi connectivity index (χ2n) is 8.56. The lowest BCUT2D eigenvalue weighted by Gasteiger charge is -2.29. The molecule has 3 heterocycles. The van der Waals surface area contributed by atoms with E-state index in [9.17, 15) is 4.79 Å². The molecule has 0 fully saturated rings. The molecular formula is C26H24IN2OS+. The lowest BCUT2D eigenvalue weighted by atomic mass is 9.94. The van der Waals surface area contributed by atoms with Gasteiger partial charge in [0, 0.05) is 4.88 Å². The highest BCUT2D eigenvalue weighted by Gasteiger charge is 2.40. The first-order valence-corrected chi connectivity index (χ1v) is 13.2. The predicted octanol–water partition coefficient (Wildman–Crippen LogP) is 5.56. The third-order valence-electron chi connectivity index (χ3n) is 6.74. The van der Waals surface area contributed by atoms with E-state index in [1.807, 2.05) is 34.1 Å². The summed E-state index contributed by atoms with van der Waals surface area (Å²) in [6.45, 7) is 0. The van der Waals surface area contributed by atoms with E-state index in [0.717, 1.165) is 42.6 Å². The van der Waals surface area contributed by atoms with Crippen LogP contribution in [0.4, 0.5) is 0 Å². The van der Waals surface area contributed by atoms with Crippen molar-refractivity contribution in [2.24, 2.45) is 0 Å². The van der Waals surface area contributed by atoms with E-state index in [-0.39, 0.29) is 11.6 Å². The molecular weight excluding hydrogens is 515 g/mol. The molecule has 2 unspecified atom stereocenters. The summed E-state index contributed by atoms with van der Waals surface area (Å²) in [5, 5.41) is 0.971. The average Bonchev–Trinajstić information content (AvgIpc) is 3.21. The van der Waals surface area contributed by atoms with Crippen molar-refractivity contribution < 1.29 is 4.57 Å². The second kappa shape index (κ2) is 7.85. The number of benzene rings is 2. The summed E-state index contributed by atoms with van der Waals surface area (Å²) in [4.78, 5) is 16.6. The second-order valence-corrected chi connectivity index (χ2v) is 11.2. The van der Waals surface area contributed by atoms with Gasteiger partial charge in [0.2, 0.25) is 0 Å². The van der Waals surface area contributed by atoms with E-state index in [0.29, 0.717) is 3.92 Å². The highest BCUT2D eigenvalue weighted by molar-refractivity contribution is 14.1. The number of nitrogens with zero attached hydrogens (tertiary/aromatic N) is 2.